The lowest BCUT2D eigenvalue weighted by Crippen LogP contribution is -2.30. The van der Waals surface area contributed by atoms with Crippen LogP contribution in [0.3, 0.4) is 0 Å². The van der Waals surface area contributed by atoms with Gasteiger partial charge in [-0.2, -0.15) is 0 Å². The number of fused-ring (bicyclic) bond motifs is 1. The first kappa shape index (κ1) is 21.5. The summed E-state index contributed by atoms with van der Waals surface area (Å²) in [5, 5.41) is 0. The SMILES string of the molecule is COc1ccc(CCN2C(=O)C(=CC3=Cc4ccccc4OC3C)SC2=S)cc1OC. The molecule has 0 spiro atoms. The first-order valence-corrected chi connectivity index (χ1v) is 11.2. The van der Waals surface area contributed by atoms with Crippen LogP contribution < -0.4 is 14.2 Å². The number of benzene rings is 2. The fourth-order valence-electron chi connectivity index (χ4n) is 3.54. The van der Waals surface area contributed by atoms with Crippen molar-refractivity contribution >= 4 is 40.3 Å². The summed E-state index contributed by atoms with van der Waals surface area (Å²) in [6, 6.07) is 13.6. The highest BCUT2D eigenvalue weighted by Crippen LogP contribution is 2.36. The minimum Gasteiger partial charge on any atom is -0.493 e. The highest BCUT2D eigenvalue weighted by atomic mass is 32.2. The van der Waals surface area contributed by atoms with E-state index >= 15 is 0 Å². The Morgan fingerprint density at radius 3 is 2.71 bits per heavy atom. The van der Waals surface area contributed by atoms with Gasteiger partial charge >= 0.3 is 0 Å². The van der Waals surface area contributed by atoms with Crippen molar-refractivity contribution in [3.8, 4) is 17.2 Å². The van der Waals surface area contributed by atoms with E-state index in [2.05, 4.69) is 6.08 Å². The van der Waals surface area contributed by atoms with Gasteiger partial charge in [0.2, 0.25) is 0 Å². The van der Waals surface area contributed by atoms with E-state index in [9.17, 15) is 4.79 Å². The number of thioether (sulfide) groups is 1. The van der Waals surface area contributed by atoms with Crippen LogP contribution in [0.2, 0.25) is 0 Å². The molecule has 0 aromatic heterocycles. The fraction of sp³-hybridized carbons (Fsp3) is 0.250. The number of carbonyl (C=O) groups is 1. The second-order valence-corrected chi connectivity index (χ2v) is 8.89. The van der Waals surface area contributed by atoms with Gasteiger partial charge in [-0.05, 0) is 54.8 Å². The minimum atomic E-state index is -0.134. The van der Waals surface area contributed by atoms with Gasteiger partial charge in [0.25, 0.3) is 5.91 Å². The largest absolute Gasteiger partial charge is 0.493 e. The zero-order valence-corrected chi connectivity index (χ0v) is 19.2. The van der Waals surface area contributed by atoms with E-state index < -0.39 is 0 Å². The molecule has 7 heteroatoms. The van der Waals surface area contributed by atoms with Gasteiger partial charge in [-0.15, -0.1) is 0 Å². The Morgan fingerprint density at radius 1 is 1.16 bits per heavy atom. The Hall–Kier alpha value is -2.77. The number of hydrogen-bond donors (Lipinski definition) is 0. The van der Waals surface area contributed by atoms with Crippen LogP contribution in [0.5, 0.6) is 17.2 Å². The molecule has 31 heavy (non-hydrogen) atoms. The minimum absolute atomic E-state index is 0.0672. The number of thiocarbonyl (C=S) groups is 1. The van der Waals surface area contributed by atoms with Crippen LogP contribution in [0, 0.1) is 0 Å². The molecule has 2 aliphatic rings. The third-order valence-electron chi connectivity index (χ3n) is 5.26. The van der Waals surface area contributed by atoms with Crippen molar-refractivity contribution < 1.29 is 19.0 Å². The Bertz CT molecular complexity index is 1090. The van der Waals surface area contributed by atoms with Gasteiger partial charge in [0.1, 0.15) is 16.2 Å². The summed E-state index contributed by atoms with van der Waals surface area (Å²) in [5.41, 5.74) is 3.01. The highest BCUT2D eigenvalue weighted by Gasteiger charge is 2.32. The molecule has 0 radical (unpaired) electrons. The van der Waals surface area contributed by atoms with Crippen molar-refractivity contribution in [3.05, 3.63) is 70.1 Å². The summed E-state index contributed by atoms with van der Waals surface area (Å²) in [6.07, 6.45) is 4.50. The molecule has 0 bridgehead atoms. The highest BCUT2D eigenvalue weighted by molar-refractivity contribution is 8.26. The Morgan fingerprint density at radius 2 is 1.94 bits per heavy atom. The average Bonchev–Trinajstić information content (AvgIpc) is 3.04. The molecular weight excluding hydrogens is 430 g/mol. The monoisotopic (exact) mass is 453 g/mol. The molecule has 2 aliphatic heterocycles. The second-order valence-electron chi connectivity index (χ2n) is 7.21. The molecule has 1 amide bonds. The summed E-state index contributed by atoms with van der Waals surface area (Å²) in [7, 11) is 3.22. The summed E-state index contributed by atoms with van der Waals surface area (Å²) in [6.45, 7) is 2.49. The van der Waals surface area contributed by atoms with Gasteiger partial charge in [0.05, 0.1) is 19.1 Å². The van der Waals surface area contributed by atoms with Crippen molar-refractivity contribution in [1.29, 1.82) is 0 Å². The second kappa shape index (κ2) is 9.16. The molecule has 2 aromatic carbocycles. The van der Waals surface area contributed by atoms with Gasteiger partial charge in [0.15, 0.2) is 11.5 Å². The molecule has 4 rings (SSSR count). The third kappa shape index (κ3) is 4.48. The molecule has 1 unspecified atom stereocenters. The molecule has 1 saturated heterocycles. The number of amides is 1. The average molecular weight is 454 g/mol. The molecular formula is C24H23NO4S2. The lowest BCUT2D eigenvalue weighted by atomic mass is 10.0. The van der Waals surface area contributed by atoms with Crippen molar-refractivity contribution in [3.63, 3.8) is 0 Å². The molecule has 0 aliphatic carbocycles. The van der Waals surface area contributed by atoms with Gasteiger partial charge in [-0.25, -0.2) is 0 Å². The van der Waals surface area contributed by atoms with Crippen molar-refractivity contribution in [2.75, 3.05) is 20.8 Å². The summed E-state index contributed by atoms with van der Waals surface area (Å²) >= 11 is 6.83. The summed E-state index contributed by atoms with van der Waals surface area (Å²) < 4.78 is 17.2. The van der Waals surface area contributed by atoms with Crippen LogP contribution in [0.15, 0.2) is 59.0 Å². The number of carbonyl (C=O) groups excluding carboxylic acids is 1. The van der Waals surface area contributed by atoms with Gasteiger partial charge in [-0.1, -0.05) is 48.2 Å². The topological polar surface area (TPSA) is 48.0 Å². The summed E-state index contributed by atoms with van der Waals surface area (Å²) in [4.78, 5) is 15.3. The van der Waals surface area contributed by atoms with E-state index in [1.54, 1.807) is 19.1 Å². The lowest BCUT2D eigenvalue weighted by Gasteiger charge is -2.23. The Labute approximate surface area is 191 Å². The molecule has 2 aromatic rings. The third-order valence-corrected chi connectivity index (χ3v) is 6.64. The van der Waals surface area contributed by atoms with E-state index in [4.69, 9.17) is 26.4 Å². The predicted octanol–water partition coefficient (Wildman–Crippen LogP) is 4.86. The quantitative estimate of drug-likeness (QED) is 0.460. The molecule has 2 heterocycles. The first-order chi connectivity index (χ1) is 15.0. The van der Waals surface area contributed by atoms with Crippen LogP contribution in [0.25, 0.3) is 6.08 Å². The van der Waals surface area contributed by atoms with Crippen molar-refractivity contribution in [2.24, 2.45) is 0 Å². The smallest absolute Gasteiger partial charge is 0.266 e. The number of rotatable bonds is 6. The zero-order chi connectivity index (χ0) is 22.0. The van der Waals surface area contributed by atoms with Crippen LogP contribution in [-0.2, 0) is 11.2 Å². The number of para-hydroxylation sites is 1. The van der Waals surface area contributed by atoms with E-state index in [1.165, 1.54) is 11.8 Å². The zero-order valence-electron chi connectivity index (χ0n) is 17.6. The Kier molecular flexibility index (Phi) is 6.34. The van der Waals surface area contributed by atoms with Gasteiger partial charge < -0.3 is 14.2 Å². The van der Waals surface area contributed by atoms with E-state index in [0.717, 1.165) is 22.4 Å². The van der Waals surface area contributed by atoms with Crippen molar-refractivity contribution in [2.45, 2.75) is 19.4 Å². The van der Waals surface area contributed by atoms with Crippen molar-refractivity contribution in [1.82, 2.24) is 4.90 Å². The van der Waals surface area contributed by atoms with Crippen LogP contribution in [-0.4, -0.2) is 42.0 Å². The molecule has 160 valence electrons. The van der Waals surface area contributed by atoms with E-state index in [1.807, 2.05) is 55.5 Å². The van der Waals surface area contributed by atoms with Gasteiger partial charge in [-0.3, -0.25) is 9.69 Å². The summed E-state index contributed by atoms with van der Waals surface area (Å²) in [5.74, 6) is 2.14. The molecule has 1 atom stereocenters. The van der Waals surface area contributed by atoms with Crippen LogP contribution in [0.1, 0.15) is 18.1 Å². The standard InChI is InChI=1S/C24H23NO4S2/c1-15-18(13-17-6-4-5-7-19(17)29-15)14-22-23(26)25(24(30)31-22)11-10-16-8-9-20(27-2)21(12-16)28-3/h4-9,12-15H,10-11H2,1-3H3. The maximum Gasteiger partial charge on any atom is 0.266 e. The fourth-order valence-corrected chi connectivity index (χ4v) is 4.85. The molecule has 5 nitrogen and oxygen atoms in total. The number of ether oxygens (including phenoxy) is 3. The van der Waals surface area contributed by atoms with Crippen LogP contribution >= 0.6 is 24.0 Å². The maximum atomic E-state index is 13.0. The van der Waals surface area contributed by atoms with Crippen LogP contribution in [0.4, 0.5) is 0 Å². The number of hydrogen-bond acceptors (Lipinski definition) is 6. The molecule has 1 fully saturated rings. The lowest BCUT2D eigenvalue weighted by molar-refractivity contribution is -0.122. The molecule has 0 N–H and O–H groups in total. The molecule has 0 saturated carbocycles. The Balaban J connectivity index is 1.49. The first-order valence-electron chi connectivity index (χ1n) is 9.93. The van der Waals surface area contributed by atoms with Gasteiger partial charge in [0, 0.05) is 12.1 Å². The number of methoxy groups -OCH3 is 2. The normalized spacial score (nSPS) is 19.2. The maximum absolute atomic E-state index is 13.0. The predicted molar refractivity (Wildman–Crippen MR) is 128 cm³/mol. The van der Waals surface area contributed by atoms with E-state index in [0.29, 0.717) is 33.7 Å². The van der Waals surface area contributed by atoms with E-state index in [-0.39, 0.29) is 12.0 Å². The number of nitrogens with zero attached hydrogens (tertiary/aromatic N) is 1.